The molecule has 3 heterocycles. The highest BCUT2D eigenvalue weighted by molar-refractivity contribution is 5.92. The molecule has 1 spiro atoms. The van der Waals surface area contributed by atoms with Crippen molar-refractivity contribution in [2.24, 2.45) is 0 Å². The molecule has 0 radical (unpaired) electrons. The lowest BCUT2D eigenvalue weighted by Crippen LogP contribution is -2.51. The number of carbonyl (C=O) groups excluding carboxylic acids is 1. The molecule has 1 saturated heterocycles. The summed E-state index contributed by atoms with van der Waals surface area (Å²) in [5.74, 6) is 1.04. The van der Waals surface area contributed by atoms with E-state index >= 15 is 0 Å². The molecule has 0 N–H and O–H groups in total. The van der Waals surface area contributed by atoms with Crippen LogP contribution in [-0.4, -0.2) is 34.5 Å². The minimum Gasteiger partial charge on any atom is -0.487 e. The highest BCUT2D eigenvalue weighted by atomic mass is 16.5. The predicted molar refractivity (Wildman–Crippen MR) is 87.5 cm³/mol. The summed E-state index contributed by atoms with van der Waals surface area (Å²) in [7, 11) is 0. The standard InChI is InChI=1S/C19H20N2O2/c22-18(16-6-3-4-12-20-16)21-13-10-19(11-14-21)9-8-15-5-1-2-7-17(15)23-19/h1-7,12H,8-11,13-14H2. The average Bonchev–Trinajstić information content (AvgIpc) is 2.62. The Kier molecular flexibility index (Phi) is 3.52. The lowest BCUT2D eigenvalue weighted by atomic mass is 9.83. The van der Waals surface area contributed by atoms with E-state index in [0.717, 1.165) is 44.5 Å². The zero-order valence-electron chi connectivity index (χ0n) is 13.1. The molecule has 0 aliphatic carbocycles. The van der Waals surface area contributed by atoms with E-state index in [-0.39, 0.29) is 11.5 Å². The molecule has 0 saturated carbocycles. The van der Waals surface area contributed by atoms with Crippen LogP contribution in [0.15, 0.2) is 48.7 Å². The Morgan fingerprint density at radius 2 is 1.83 bits per heavy atom. The zero-order valence-corrected chi connectivity index (χ0v) is 13.1. The second kappa shape index (κ2) is 5.69. The number of amides is 1. The van der Waals surface area contributed by atoms with Gasteiger partial charge in [-0.15, -0.1) is 0 Å². The number of fused-ring (bicyclic) bond motifs is 1. The van der Waals surface area contributed by atoms with Gasteiger partial charge >= 0.3 is 0 Å². The number of likely N-dealkylation sites (tertiary alicyclic amines) is 1. The Hall–Kier alpha value is -2.36. The van der Waals surface area contributed by atoms with Crippen molar-refractivity contribution >= 4 is 5.91 Å². The van der Waals surface area contributed by atoms with E-state index in [2.05, 4.69) is 23.2 Å². The minimum atomic E-state index is -0.102. The van der Waals surface area contributed by atoms with E-state index in [0.29, 0.717) is 5.69 Å². The molecule has 1 aromatic carbocycles. The van der Waals surface area contributed by atoms with Gasteiger partial charge in [-0.05, 0) is 36.6 Å². The first-order valence-corrected chi connectivity index (χ1v) is 8.23. The summed E-state index contributed by atoms with van der Waals surface area (Å²) in [6.07, 6.45) is 5.54. The predicted octanol–water partition coefficient (Wildman–Crippen LogP) is 3.08. The van der Waals surface area contributed by atoms with E-state index in [9.17, 15) is 4.79 Å². The molecule has 1 amide bonds. The monoisotopic (exact) mass is 308 g/mol. The Bertz CT molecular complexity index is 706. The molecule has 2 aliphatic rings. The van der Waals surface area contributed by atoms with Crippen molar-refractivity contribution in [3.05, 3.63) is 59.9 Å². The van der Waals surface area contributed by atoms with E-state index < -0.39 is 0 Å². The van der Waals surface area contributed by atoms with E-state index in [1.807, 2.05) is 23.1 Å². The maximum absolute atomic E-state index is 12.5. The molecule has 23 heavy (non-hydrogen) atoms. The molecule has 0 atom stereocenters. The molecule has 4 heteroatoms. The smallest absolute Gasteiger partial charge is 0.272 e. The van der Waals surface area contributed by atoms with Crippen LogP contribution in [0.3, 0.4) is 0 Å². The number of aryl methyl sites for hydroxylation is 1. The first-order chi connectivity index (χ1) is 11.3. The normalized spacial score (nSPS) is 19.0. The van der Waals surface area contributed by atoms with Crippen LogP contribution in [0.4, 0.5) is 0 Å². The number of hydrogen-bond acceptors (Lipinski definition) is 3. The maximum atomic E-state index is 12.5. The Labute approximate surface area is 136 Å². The number of piperidine rings is 1. The van der Waals surface area contributed by atoms with Crippen molar-refractivity contribution in [2.75, 3.05) is 13.1 Å². The van der Waals surface area contributed by atoms with Gasteiger partial charge in [-0.1, -0.05) is 24.3 Å². The summed E-state index contributed by atoms with van der Waals surface area (Å²) in [5, 5.41) is 0. The van der Waals surface area contributed by atoms with E-state index in [1.165, 1.54) is 5.56 Å². The van der Waals surface area contributed by atoms with Crippen LogP contribution in [0.5, 0.6) is 5.75 Å². The summed E-state index contributed by atoms with van der Waals surface area (Å²) < 4.78 is 6.34. The first-order valence-electron chi connectivity index (χ1n) is 8.23. The molecule has 2 aromatic rings. The van der Waals surface area contributed by atoms with Crippen LogP contribution >= 0.6 is 0 Å². The van der Waals surface area contributed by atoms with Gasteiger partial charge in [0.15, 0.2) is 0 Å². The lowest BCUT2D eigenvalue weighted by Gasteiger charge is -2.44. The third-order valence-electron chi connectivity index (χ3n) is 4.99. The second-order valence-corrected chi connectivity index (χ2v) is 6.40. The fraction of sp³-hybridized carbons (Fsp3) is 0.368. The van der Waals surface area contributed by atoms with Crippen molar-refractivity contribution in [3.63, 3.8) is 0 Å². The quantitative estimate of drug-likeness (QED) is 0.813. The number of ether oxygens (including phenoxy) is 1. The van der Waals surface area contributed by atoms with Gasteiger partial charge in [-0.2, -0.15) is 0 Å². The van der Waals surface area contributed by atoms with Gasteiger partial charge in [0.25, 0.3) is 5.91 Å². The van der Waals surface area contributed by atoms with Crippen LogP contribution in [0.25, 0.3) is 0 Å². The second-order valence-electron chi connectivity index (χ2n) is 6.40. The largest absolute Gasteiger partial charge is 0.487 e. The molecule has 4 rings (SSSR count). The molecular formula is C19H20N2O2. The number of benzene rings is 1. The third-order valence-corrected chi connectivity index (χ3v) is 4.99. The molecule has 1 aromatic heterocycles. The fourth-order valence-electron chi connectivity index (χ4n) is 3.58. The molecule has 118 valence electrons. The van der Waals surface area contributed by atoms with Gasteiger partial charge in [0.1, 0.15) is 17.0 Å². The van der Waals surface area contributed by atoms with Crippen molar-refractivity contribution in [1.29, 1.82) is 0 Å². The van der Waals surface area contributed by atoms with Crippen molar-refractivity contribution in [3.8, 4) is 5.75 Å². The summed E-state index contributed by atoms with van der Waals surface area (Å²) in [4.78, 5) is 18.6. The van der Waals surface area contributed by atoms with E-state index in [1.54, 1.807) is 12.3 Å². The number of hydrogen-bond donors (Lipinski definition) is 0. The number of pyridine rings is 1. The topological polar surface area (TPSA) is 42.4 Å². The molecule has 0 bridgehead atoms. The molecular weight excluding hydrogens is 288 g/mol. The molecule has 4 nitrogen and oxygen atoms in total. The molecule has 0 unspecified atom stereocenters. The van der Waals surface area contributed by atoms with Crippen LogP contribution < -0.4 is 4.74 Å². The van der Waals surface area contributed by atoms with Gasteiger partial charge < -0.3 is 9.64 Å². The number of rotatable bonds is 1. The Balaban J connectivity index is 1.45. The highest BCUT2D eigenvalue weighted by Crippen LogP contribution is 2.39. The Morgan fingerprint density at radius 1 is 1.04 bits per heavy atom. The van der Waals surface area contributed by atoms with Gasteiger partial charge in [0.2, 0.25) is 0 Å². The number of nitrogens with zero attached hydrogens (tertiary/aromatic N) is 2. The summed E-state index contributed by atoms with van der Waals surface area (Å²) in [5.41, 5.74) is 1.72. The van der Waals surface area contributed by atoms with Crippen LogP contribution in [0.1, 0.15) is 35.3 Å². The zero-order chi connectivity index (χ0) is 15.7. The summed E-state index contributed by atoms with van der Waals surface area (Å²) >= 11 is 0. The van der Waals surface area contributed by atoms with Crippen molar-refractivity contribution in [1.82, 2.24) is 9.88 Å². The number of aromatic nitrogens is 1. The van der Waals surface area contributed by atoms with Crippen LogP contribution in [0, 0.1) is 0 Å². The molecule has 1 fully saturated rings. The Morgan fingerprint density at radius 3 is 2.61 bits per heavy atom. The van der Waals surface area contributed by atoms with Crippen molar-refractivity contribution in [2.45, 2.75) is 31.3 Å². The lowest BCUT2D eigenvalue weighted by molar-refractivity contribution is -0.0108. The third kappa shape index (κ3) is 2.69. The van der Waals surface area contributed by atoms with Crippen LogP contribution in [-0.2, 0) is 6.42 Å². The van der Waals surface area contributed by atoms with Gasteiger partial charge in [-0.3, -0.25) is 9.78 Å². The average molecular weight is 308 g/mol. The maximum Gasteiger partial charge on any atom is 0.272 e. The summed E-state index contributed by atoms with van der Waals surface area (Å²) in [6.45, 7) is 1.47. The fourth-order valence-corrected chi connectivity index (χ4v) is 3.58. The molecule has 2 aliphatic heterocycles. The van der Waals surface area contributed by atoms with Crippen LogP contribution in [0.2, 0.25) is 0 Å². The SMILES string of the molecule is O=C(c1ccccn1)N1CCC2(CCc3ccccc3O2)CC1. The number of para-hydroxylation sites is 1. The highest BCUT2D eigenvalue weighted by Gasteiger charge is 2.40. The number of carbonyl (C=O) groups is 1. The minimum absolute atomic E-state index is 0.0247. The summed E-state index contributed by atoms with van der Waals surface area (Å²) in [6, 6.07) is 13.7. The first kappa shape index (κ1) is 14.2. The van der Waals surface area contributed by atoms with E-state index in [4.69, 9.17) is 4.74 Å². The van der Waals surface area contributed by atoms with Gasteiger partial charge in [0.05, 0.1) is 0 Å². The van der Waals surface area contributed by atoms with Crippen molar-refractivity contribution < 1.29 is 9.53 Å². The van der Waals surface area contributed by atoms with Gasteiger partial charge in [-0.25, -0.2) is 0 Å². The van der Waals surface area contributed by atoms with Gasteiger partial charge in [0, 0.05) is 32.1 Å².